The number of anilines is 1. The third-order valence-corrected chi connectivity index (χ3v) is 3.51. The van der Waals surface area contributed by atoms with E-state index < -0.39 is 0 Å². The molecule has 88 valence electrons. The van der Waals surface area contributed by atoms with E-state index in [9.17, 15) is 0 Å². The molecule has 0 aliphatic heterocycles. The van der Waals surface area contributed by atoms with Crippen LogP contribution in [0.3, 0.4) is 0 Å². The van der Waals surface area contributed by atoms with Crippen molar-refractivity contribution < 1.29 is 0 Å². The molecule has 1 heterocycles. The first-order valence-corrected chi connectivity index (χ1v) is 6.25. The molecule has 1 unspecified atom stereocenters. The molecule has 0 aromatic carbocycles. The number of aromatic nitrogens is 1. The first kappa shape index (κ1) is 11.7. The molecular weight excluding hydrogens is 222 g/mol. The van der Waals surface area contributed by atoms with Gasteiger partial charge in [-0.1, -0.05) is 24.4 Å². The summed E-state index contributed by atoms with van der Waals surface area (Å²) < 4.78 is 0. The highest BCUT2D eigenvalue weighted by molar-refractivity contribution is 6.30. The molecule has 1 atom stereocenters. The standard InChI is InChI=1S/C12H18ClN3/c13-10-5-6-12(15-8-10)16-11(7-14)9-3-1-2-4-9/h5-6,8-9,11H,1-4,7,14H2,(H,15,16). The highest BCUT2D eigenvalue weighted by Crippen LogP contribution is 2.28. The molecular formula is C12H18ClN3. The van der Waals surface area contributed by atoms with Gasteiger partial charge in [-0.25, -0.2) is 4.98 Å². The van der Waals surface area contributed by atoms with Crippen LogP contribution in [0.25, 0.3) is 0 Å². The average Bonchev–Trinajstić information content (AvgIpc) is 2.82. The number of hydrogen-bond donors (Lipinski definition) is 2. The quantitative estimate of drug-likeness (QED) is 0.850. The van der Waals surface area contributed by atoms with Gasteiger partial charge < -0.3 is 11.1 Å². The molecule has 0 radical (unpaired) electrons. The zero-order valence-electron chi connectivity index (χ0n) is 9.32. The van der Waals surface area contributed by atoms with Crippen LogP contribution in [-0.2, 0) is 0 Å². The van der Waals surface area contributed by atoms with Crippen LogP contribution in [0.4, 0.5) is 5.82 Å². The number of rotatable bonds is 4. The van der Waals surface area contributed by atoms with Gasteiger partial charge in [0.2, 0.25) is 0 Å². The molecule has 1 fully saturated rings. The maximum atomic E-state index is 5.81. The van der Waals surface area contributed by atoms with Gasteiger partial charge in [0.15, 0.2) is 0 Å². The van der Waals surface area contributed by atoms with Gasteiger partial charge in [-0.05, 0) is 30.9 Å². The van der Waals surface area contributed by atoms with Crippen LogP contribution in [-0.4, -0.2) is 17.6 Å². The van der Waals surface area contributed by atoms with E-state index in [1.54, 1.807) is 6.20 Å². The van der Waals surface area contributed by atoms with Crippen LogP contribution in [0.15, 0.2) is 18.3 Å². The molecule has 1 aromatic heterocycles. The van der Waals surface area contributed by atoms with E-state index in [2.05, 4.69) is 10.3 Å². The third kappa shape index (κ3) is 2.86. The molecule has 1 aromatic rings. The van der Waals surface area contributed by atoms with Crippen molar-refractivity contribution in [2.24, 2.45) is 11.7 Å². The molecule has 0 saturated heterocycles. The number of nitrogens with two attached hydrogens (primary N) is 1. The summed E-state index contributed by atoms with van der Waals surface area (Å²) in [5.74, 6) is 1.56. The summed E-state index contributed by atoms with van der Waals surface area (Å²) in [4.78, 5) is 4.24. The second kappa shape index (κ2) is 5.51. The van der Waals surface area contributed by atoms with E-state index in [4.69, 9.17) is 17.3 Å². The maximum Gasteiger partial charge on any atom is 0.126 e. The highest BCUT2D eigenvalue weighted by atomic mass is 35.5. The largest absolute Gasteiger partial charge is 0.366 e. The first-order valence-electron chi connectivity index (χ1n) is 5.88. The Kier molecular flexibility index (Phi) is 4.02. The zero-order valence-corrected chi connectivity index (χ0v) is 10.1. The number of halogens is 1. The van der Waals surface area contributed by atoms with Gasteiger partial charge in [0.25, 0.3) is 0 Å². The Morgan fingerprint density at radius 2 is 2.19 bits per heavy atom. The van der Waals surface area contributed by atoms with Gasteiger partial charge in [0, 0.05) is 18.8 Å². The molecule has 4 heteroatoms. The number of hydrogen-bond acceptors (Lipinski definition) is 3. The van der Waals surface area contributed by atoms with Gasteiger partial charge in [-0.2, -0.15) is 0 Å². The van der Waals surface area contributed by atoms with Gasteiger partial charge >= 0.3 is 0 Å². The predicted molar refractivity (Wildman–Crippen MR) is 67.7 cm³/mol. The van der Waals surface area contributed by atoms with E-state index in [-0.39, 0.29) is 0 Å². The van der Waals surface area contributed by atoms with Crippen molar-refractivity contribution in [3.05, 3.63) is 23.4 Å². The molecule has 1 aliphatic carbocycles. The Labute approximate surface area is 101 Å². The molecule has 0 bridgehead atoms. The maximum absolute atomic E-state index is 5.81. The lowest BCUT2D eigenvalue weighted by Crippen LogP contribution is -2.35. The average molecular weight is 240 g/mol. The Bertz CT molecular complexity index is 320. The predicted octanol–water partition coefficient (Wildman–Crippen LogP) is 2.66. The van der Waals surface area contributed by atoms with Crippen molar-refractivity contribution in [1.29, 1.82) is 0 Å². The Morgan fingerprint density at radius 3 is 2.75 bits per heavy atom. The Morgan fingerprint density at radius 1 is 1.44 bits per heavy atom. The summed E-state index contributed by atoms with van der Waals surface area (Å²) in [7, 11) is 0. The van der Waals surface area contributed by atoms with Crippen LogP contribution < -0.4 is 11.1 Å². The molecule has 2 rings (SSSR count). The second-order valence-electron chi connectivity index (χ2n) is 4.39. The minimum Gasteiger partial charge on any atom is -0.366 e. The number of nitrogens with zero attached hydrogens (tertiary/aromatic N) is 1. The fraction of sp³-hybridized carbons (Fsp3) is 0.583. The number of nitrogens with one attached hydrogen (secondary N) is 1. The zero-order chi connectivity index (χ0) is 11.4. The van der Waals surface area contributed by atoms with Gasteiger partial charge in [-0.3, -0.25) is 0 Å². The molecule has 1 aliphatic rings. The molecule has 0 spiro atoms. The van der Waals surface area contributed by atoms with Gasteiger partial charge in [-0.15, -0.1) is 0 Å². The van der Waals surface area contributed by atoms with Crippen molar-refractivity contribution >= 4 is 17.4 Å². The van der Waals surface area contributed by atoms with Crippen molar-refractivity contribution in [3.8, 4) is 0 Å². The fourth-order valence-electron chi connectivity index (χ4n) is 2.38. The Balaban J connectivity index is 1.97. The minimum absolute atomic E-state index is 0.344. The van der Waals surface area contributed by atoms with Crippen LogP contribution in [0, 0.1) is 5.92 Å². The lowest BCUT2D eigenvalue weighted by atomic mass is 9.98. The summed E-state index contributed by atoms with van der Waals surface area (Å²) in [6.45, 7) is 0.662. The topological polar surface area (TPSA) is 50.9 Å². The van der Waals surface area contributed by atoms with E-state index in [0.717, 1.165) is 5.82 Å². The van der Waals surface area contributed by atoms with Crippen molar-refractivity contribution in [2.75, 3.05) is 11.9 Å². The summed E-state index contributed by atoms with van der Waals surface area (Å²) in [6, 6.07) is 4.09. The van der Waals surface area contributed by atoms with E-state index in [1.165, 1.54) is 25.7 Å². The van der Waals surface area contributed by atoms with E-state index in [0.29, 0.717) is 23.5 Å². The molecule has 3 nitrogen and oxygen atoms in total. The molecule has 1 saturated carbocycles. The van der Waals surface area contributed by atoms with Crippen LogP contribution in [0.1, 0.15) is 25.7 Å². The van der Waals surface area contributed by atoms with Crippen molar-refractivity contribution in [1.82, 2.24) is 4.98 Å². The monoisotopic (exact) mass is 239 g/mol. The van der Waals surface area contributed by atoms with E-state index >= 15 is 0 Å². The van der Waals surface area contributed by atoms with Gasteiger partial charge in [0.05, 0.1) is 5.02 Å². The molecule has 0 amide bonds. The summed E-state index contributed by atoms with van der Waals surface area (Å²) >= 11 is 5.79. The van der Waals surface area contributed by atoms with Crippen LogP contribution in [0.2, 0.25) is 5.02 Å². The summed E-state index contributed by atoms with van der Waals surface area (Å²) in [5, 5.41) is 4.07. The Hall–Kier alpha value is -0.800. The lowest BCUT2D eigenvalue weighted by molar-refractivity contribution is 0.461. The SMILES string of the molecule is NCC(Nc1ccc(Cl)cn1)C1CCCC1. The smallest absolute Gasteiger partial charge is 0.126 e. The number of pyridine rings is 1. The first-order chi connectivity index (χ1) is 7.79. The second-order valence-corrected chi connectivity index (χ2v) is 4.83. The lowest BCUT2D eigenvalue weighted by Gasteiger charge is -2.23. The molecule has 3 N–H and O–H groups in total. The van der Waals surface area contributed by atoms with Crippen LogP contribution in [0.5, 0.6) is 0 Å². The summed E-state index contributed by atoms with van der Waals surface area (Å²) in [5.41, 5.74) is 5.81. The normalized spacial score (nSPS) is 18.6. The third-order valence-electron chi connectivity index (χ3n) is 3.28. The fourth-order valence-corrected chi connectivity index (χ4v) is 2.49. The van der Waals surface area contributed by atoms with E-state index in [1.807, 2.05) is 12.1 Å². The van der Waals surface area contributed by atoms with Crippen molar-refractivity contribution in [3.63, 3.8) is 0 Å². The van der Waals surface area contributed by atoms with Gasteiger partial charge in [0.1, 0.15) is 5.82 Å². The summed E-state index contributed by atoms with van der Waals surface area (Å²) in [6.07, 6.45) is 6.88. The highest BCUT2D eigenvalue weighted by Gasteiger charge is 2.23. The van der Waals surface area contributed by atoms with Crippen molar-refractivity contribution in [2.45, 2.75) is 31.7 Å². The van der Waals surface area contributed by atoms with Crippen LogP contribution >= 0.6 is 11.6 Å². The minimum atomic E-state index is 0.344. The molecule has 16 heavy (non-hydrogen) atoms.